The van der Waals surface area contributed by atoms with Crippen LogP contribution in [0, 0.1) is 0 Å². The van der Waals surface area contributed by atoms with Crippen LogP contribution in [-0.2, 0) is 9.53 Å². The van der Waals surface area contributed by atoms with E-state index in [9.17, 15) is 4.79 Å². The molecule has 15 heavy (non-hydrogen) atoms. The summed E-state index contributed by atoms with van der Waals surface area (Å²) in [5, 5.41) is 1.09. The first kappa shape index (κ1) is 10.8. The average molecular weight is 244 g/mol. The van der Waals surface area contributed by atoms with Crippen LogP contribution in [0.2, 0.25) is 5.02 Å². The molecule has 0 bridgehead atoms. The third-order valence-corrected chi connectivity index (χ3v) is 3.74. The third kappa shape index (κ3) is 2.44. The normalized spacial score (nSPS) is 25.3. The molecule has 5 heteroatoms. The molecule has 0 saturated carbocycles. The molecule has 1 saturated heterocycles. The first-order valence-corrected chi connectivity index (χ1v) is 5.90. The maximum absolute atomic E-state index is 11.4. The number of rotatable bonds is 2. The molecule has 2 rings (SSSR count). The van der Waals surface area contributed by atoms with Crippen LogP contribution in [-0.4, -0.2) is 22.3 Å². The summed E-state index contributed by atoms with van der Waals surface area (Å²) < 4.78 is 5.06. The molecule has 0 amide bonds. The Kier molecular flexibility index (Phi) is 3.17. The summed E-state index contributed by atoms with van der Waals surface area (Å²) in [6, 6.07) is 3.53. The van der Waals surface area contributed by atoms with E-state index >= 15 is 0 Å². The Hall–Kier alpha value is -0.740. The van der Waals surface area contributed by atoms with E-state index in [1.54, 1.807) is 18.3 Å². The average Bonchev–Trinajstić information content (AvgIpc) is 2.49. The summed E-state index contributed by atoms with van der Waals surface area (Å²) >= 11 is 7.32. The molecule has 0 N–H and O–H groups in total. The second-order valence-corrected chi connectivity index (χ2v) is 4.98. The van der Waals surface area contributed by atoms with Gasteiger partial charge in [-0.15, -0.1) is 0 Å². The zero-order valence-electron chi connectivity index (χ0n) is 8.14. The number of cyclic esters (lactones) is 1. The number of halogens is 1. The largest absolute Gasteiger partial charge is 0.462 e. The highest BCUT2D eigenvalue weighted by molar-refractivity contribution is 8.00. The lowest BCUT2D eigenvalue weighted by Crippen LogP contribution is -2.09. The Bertz CT molecular complexity index is 385. The van der Waals surface area contributed by atoms with Gasteiger partial charge in [-0.25, -0.2) is 4.98 Å². The van der Waals surface area contributed by atoms with Gasteiger partial charge < -0.3 is 4.74 Å². The molecule has 2 atom stereocenters. The second-order valence-electron chi connectivity index (χ2n) is 3.38. The van der Waals surface area contributed by atoms with Gasteiger partial charge in [0.2, 0.25) is 0 Å². The van der Waals surface area contributed by atoms with Crippen molar-refractivity contribution in [3.63, 3.8) is 0 Å². The lowest BCUT2D eigenvalue weighted by molar-refractivity contribution is -0.140. The van der Waals surface area contributed by atoms with Crippen molar-refractivity contribution in [3.05, 3.63) is 23.4 Å². The van der Waals surface area contributed by atoms with Crippen molar-refractivity contribution >= 4 is 29.3 Å². The molecule has 2 heterocycles. The van der Waals surface area contributed by atoms with Crippen molar-refractivity contribution < 1.29 is 9.53 Å². The molecule has 1 fully saturated rings. The molecule has 1 aromatic rings. The van der Waals surface area contributed by atoms with Crippen LogP contribution in [0.1, 0.15) is 13.3 Å². The number of esters is 1. The first-order chi connectivity index (χ1) is 7.16. The van der Waals surface area contributed by atoms with Crippen LogP contribution in [0.4, 0.5) is 0 Å². The predicted octanol–water partition coefficient (Wildman–Crippen LogP) is 2.53. The molecular weight excluding hydrogens is 234 g/mol. The Balaban J connectivity index is 2.09. The number of carbonyl (C=O) groups is 1. The van der Waals surface area contributed by atoms with Crippen molar-refractivity contribution in [2.75, 3.05) is 0 Å². The van der Waals surface area contributed by atoms with E-state index in [2.05, 4.69) is 4.98 Å². The Morgan fingerprint density at radius 1 is 1.67 bits per heavy atom. The molecule has 1 aliphatic rings. The molecule has 0 spiro atoms. The van der Waals surface area contributed by atoms with Crippen LogP contribution in [0.5, 0.6) is 0 Å². The monoisotopic (exact) mass is 243 g/mol. The van der Waals surface area contributed by atoms with Crippen LogP contribution in [0.15, 0.2) is 23.4 Å². The fraction of sp³-hybridized carbons (Fsp3) is 0.400. The fourth-order valence-electron chi connectivity index (χ4n) is 1.41. The second kappa shape index (κ2) is 4.41. The SMILES string of the molecule is C[C@H]1C[C@H](Sc2ncccc2Cl)C(=O)O1. The molecule has 3 nitrogen and oxygen atoms in total. The number of pyridine rings is 1. The Labute approximate surface area is 97.2 Å². The summed E-state index contributed by atoms with van der Waals surface area (Å²) in [7, 11) is 0. The minimum absolute atomic E-state index is 0.00233. The summed E-state index contributed by atoms with van der Waals surface area (Å²) in [6.07, 6.45) is 2.38. The topological polar surface area (TPSA) is 39.2 Å². The highest BCUT2D eigenvalue weighted by atomic mass is 35.5. The lowest BCUT2D eigenvalue weighted by atomic mass is 10.3. The number of thioether (sulfide) groups is 1. The number of hydrogen-bond donors (Lipinski definition) is 0. The van der Waals surface area contributed by atoms with Crippen molar-refractivity contribution in [2.24, 2.45) is 0 Å². The number of aromatic nitrogens is 1. The molecule has 0 aliphatic carbocycles. The standard InChI is InChI=1S/C10H10ClNO2S/c1-6-5-8(10(13)14-6)15-9-7(11)3-2-4-12-9/h2-4,6,8H,5H2,1H3/t6-,8-/m0/s1. The van der Waals surface area contributed by atoms with Crippen molar-refractivity contribution in [3.8, 4) is 0 Å². The number of carbonyl (C=O) groups excluding carboxylic acids is 1. The highest BCUT2D eigenvalue weighted by Gasteiger charge is 2.33. The predicted molar refractivity (Wildman–Crippen MR) is 59.1 cm³/mol. The van der Waals surface area contributed by atoms with Crippen LogP contribution < -0.4 is 0 Å². The van der Waals surface area contributed by atoms with E-state index in [1.165, 1.54) is 11.8 Å². The zero-order valence-corrected chi connectivity index (χ0v) is 9.72. The molecule has 80 valence electrons. The summed E-state index contributed by atoms with van der Waals surface area (Å²) in [4.78, 5) is 15.5. The van der Waals surface area contributed by atoms with Gasteiger partial charge in [0, 0.05) is 12.6 Å². The number of hydrogen-bond acceptors (Lipinski definition) is 4. The molecule has 0 aromatic carbocycles. The van der Waals surface area contributed by atoms with E-state index in [0.717, 1.165) is 6.42 Å². The highest BCUT2D eigenvalue weighted by Crippen LogP contribution is 2.34. The van der Waals surface area contributed by atoms with Crippen LogP contribution in [0.25, 0.3) is 0 Å². The third-order valence-electron chi connectivity index (χ3n) is 2.10. The van der Waals surface area contributed by atoms with Crippen LogP contribution >= 0.6 is 23.4 Å². The van der Waals surface area contributed by atoms with E-state index < -0.39 is 0 Å². The van der Waals surface area contributed by atoms with Gasteiger partial charge in [0.15, 0.2) is 0 Å². The zero-order chi connectivity index (χ0) is 10.8. The van der Waals surface area contributed by atoms with Crippen LogP contribution in [0.3, 0.4) is 0 Å². The molecule has 1 aliphatic heterocycles. The quantitative estimate of drug-likeness (QED) is 0.749. The summed E-state index contributed by atoms with van der Waals surface area (Å²) in [5.41, 5.74) is 0. The fourth-order valence-corrected chi connectivity index (χ4v) is 2.75. The van der Waals surface area contributed by atoms with E-state index in [4.69, 9.17) is 16.3 Å². The smallest absolute Gasteiger partial charge is 0.319 e. The van der Waals surface area contributed by atoms with Gasteiger partial charge in [0.05, 0.1) is 5.02 Å². The van der Waals surface area contributed by atoms with E-state index in [0.29, 0.717) is 10.0 Å². The van der Waals surface area contributed by atoms with Gasteiger partial charge in [0.25, 0.3) is 0 Å². The van der Waals surface area contributed by atoms with Gasteiger partial charge in [-0.2, -0.15) is 0 Å². The minimum atomic E-state index is -0.174. The van der Waals surface area contributed by atoms with Gasteiger partial charge in [-0.3, -0.25) is 4.79 Å². The van der Waals surface area contributed by atoms with Gasteiger partial charge in [0.1, 0.15) is 16.4 Å². The summed E-state index contributed by atoms with van der Waals surface area (Å²) in [5.74, 6) is -0.172. The molecule has 0 unspecified atom stereocenters. The van der Waals surface area contributed by atoms with Crippen molar-refractivity contribution in [2.45, 2.75) is 29.7 Å². The summed E-state index contributed by atoms with van der Waals surface area (Å²) in [6.45, 7) is 1.89. The molecule has 1 aromatic heterocycles. The molecular formula is C10H10ClNO2S. The lowest BCUT2D eigenvalue weighted by Gasteiger charge is -2.05. The van der Waals surface area contributed by atoms with Gasteiger partial charge in [-0.1, -0.05) is 23.4 Å². The van der Waals surface area contributed by atoms with E-state index in [-0.39, 0.29) is 17.3 Å². The number of nitrogens with zero attached hydrogens (tertiary/aromatic N) is 1. The van der Waals surface area contributed by atoms with E-state index in [1.807, 2.05) is 6.92 Å². The minimum Gasteiger partial charge on any atom is -0.462 e. The molecule has 0 radical (unpaired) electrons. The maximum Gasteiger partial charge on any atom is 0.319 e. The Morgan fingerprint density at radius 2 is 2.47 bits per heavy atom. The van der Waals surface area contributed by atoms with Crippen molar-refractivity contribution in [1.82, 2.24) is 4.98 Å². The van der Waals surface area contributed by atoms with Crippen molar-refractivity contribution in [1.29, 1.82) is 0 Å². The Morgan fingerprint density at radius 3 is 3.07 bits per heavy atom. The number of ether oxygens (including phenoxy) is 1. The van der Waals surface area contributed by atoms with Gasteiger partial charge >= 0.3 is 5.97 Å². The maximum atomic E-state index is 11.4. The first-order valence-electron chi connectivity index (χ1n) is 4.64. The van der Waals surface area contributed by atoms with Gasteiger partial charge in [-0.05, 0) is 19.1 Å².